The fourth-order valence-electron chi connectivity index (χ4n) is 2.88. The molecule has 3 N–H and O–H groups in total. The van der Waals surface area contributed by atoms with Crippen molar-refractivity contribution in [2.24, 2.45) is 5.73 Å². The van der Waals surface area contributed by atoms with Crippen molar-refractivity contribution in [2.75, 3.05) is 5.32 Å². The highest BCUT2D eigenvalue weighted by atomic mass is 16.1. The number of rotatable bonds is 2. The van der Waals surface area contributed by atoms with E-state index in [1.54, 1.807) is 24.5 Å². The van der Waals surface area contributed by atoms with E-state index in [1.807, 2.05) is 13.0 Å². The second-order valence-corrected chi connectivity index (χ2v) is 5.55. The molecule has 1 amide bonds. The van der Waals surface area contributed by atoms with Crippen LogP contribution in [0.4, 0.5) is 5.69 Å². The number of nitrogens with one attached hydrogen (secondary N) is 1. The average Bonchev–Trinajstić information content (AvgIpc) is 2.48. The van der Waals surface area contributed by atoms with Gasteiger partial charge in [-0.05, 0) is 61.1 Å². The molecule has 0 saturated carbocycles. The van der Waals surface area contributed by atoms with Gasteiger partial charge in [0.15, 0.2) is 0 Å². The molecule has 21 heavy (non-hydrogen) atoms. The number of hydrogen-bond donors (Lipinski definition) is 2. The number of carbonyl (C=O) groups excluding carboxylic acids is 1. The van der Waals surface area contributed by atoms with Crippen LogP contribution in [0.3, 0.4) is 0 Å². The Labute approximate surface area is 124 Å². The van der Waals surface area contributed by atoms with Crippen LogP contribution in [-0.2, 0) is 6.42 Å². The Kier molecular flexibility index (Phi) is 3.71. The van der Waals surface area contributed by atoms with Crippen LogP contribution in [-0.4, -0.2) is 10.9 Å². The van der Waals surface area contributed by atoms with Gasteiger partial charge in [0, 0.05) is 29.7 Å². The first-order chi connectivity index (χ1) is 10.1. The summed E-state index contributed by atoms with van der Waals surface area (Å²) in [5.74, 6) is -0.0827. The summed E-state index contributed by atoms with van der Waals surface area (Å²) in [5, 5.41) is 2.91. The van der Waals surface area contributed by atoms with Crippen LogP contribution in [0.1, 0.15) is 45.9 Å². The predicted molar refractivity (Wildman–Crippen MR) is 83.2 cm³/mol. The van der Waals surface area contributed by atoms with Gasteiger partial charge in [-0.1, -0.05) is 6.07 Å². The molecular formula is C17H19N3O. The number of anilines is 1. The number of amides is 1. The minimum absolute atomic E-state index is 0.0827. The molecule has 108 valence electrons. The molecule has 3 rings (SSSR count). The van der Waals surface area contributed by atoms with Gasteiger partial charge in [-0.2, -0.15) is 0 Å². The van der Waals surface area contributed by atoms with E-state index in [9.17, 15) is 4.79 Å². The zero-order chi connectivity index (χ0) is 14.8. The van der Waals surface area contributed by atoms with Crippen LogP contribution in [0.5, 0.6) is 0 Å². The minimum Gasteiger partial charge on any atom is -0.324 e. The number of nitrogens with zero attached hydrogens (tertiary/aromatic N) is 1. The Bertz CT molecular complexity index is 667. The Morgan fingerprint density at radius 2 is 2.10 bits per heavy atom. The summed E-state index contributed by atoms with van der Waals surface area (Å²) < 4.78 is 0. The normalized spacial score (nSPS) is 17.1. The predicted octanol–water partition coefficient (Wildman–Crippen LogP) is 2.98. The largest absolute Gasteiger partial charge is 0.324 e. The number of nitrogens with two attached hydrogens (primary N) is 1. The standard InChI is InChI=1S/C17H19N3O/c1-11-9-15-12(3-2-4-16(15)18)10-14(11)17(21)20-13-5-7-19-8-6-13/h5-10,16H,2-4,18H2,1H3,(H,19,20,21). The Morgan fingerprint density at radius 3 is 2.86 bits per heavy atom. The molecule has 1 aliphatic rings. The van der Waals surface area contributed by atoms with Crippen molar-refractivity contribution < 1.29 is 4.79 Å². The molecule has 1 aromatic heterocycles. The summed E-state index contributed by atoms with van der Waals surface area (Å²) in [5.41, 5.74) is 11.0. The highest BCUT2D eigenvalue weighted by Crippen LogP contribution is 2.30. The topological polar surface area (TPSA) is 68.0 Å². The molecule has 0 saturated heterocycles. The van der Waals surface area contributed by atoms with Crippen molar-refractivity contribution in [3.05, 3.63) is 58.9 Å². The summed E-state index contributed by atoms with van der Waals surface area (Å²) in [6.07, 6.45) is 6.43. The zero-order valence-electron chi connectivity index (χ0n) is 12.1. The van der Waals surface area contributed by atoms with Gasteiger partial charge in [-0.3, -0.25) is 9.78 Å². The first-order valence-electron chi connectivity index (χ1n) is 7.25. The van der Waals surface area contributed by atoms with E-state index in [0.29, 0.717) is 0 Å². The van der Waals surface area contributed by atoms with Gasteiger partial charge in [-0.15, -0.1) is 0 Å². The average molecular weight is 281 g/mol. The molecule has 1 unspecified atom stereocenters. The van der Waals surface area contributed by atoms with Gasteiger partial charge in [0.1, 0.15) is 0 Å². The first-order valence-corrected chi connectivity index (χ1v) is 7.25. The lowest BCUT2D eigenvalue weighted by molar-refractivity contribution is 0.102. The molecule has 0 bridgehead atoms. The molecule has 0 spiro atoms. The fraction of sp³-hybridized carbons (Fsp3) is 0.294. The molecule has 4 nitrogen and oxygen atoms in total. The molecule has 1 aromatic carbocycles. The van der Waals surface area contributed by atoms with Crippen LogP contribution >= 0.6 is 0 Å². The van der Waals surface area contributed by atoms with Crippen molar-refractivity contribution >= 4 is 11.6 Å². The van der Waals surface area contributed by atoms with Gasteiger partial charge in [-0.25, -0.2) is 0 Å². The number of aromatic nitrogens is 1. The molecule has 1 aliphatic carbocycles. The van der Waals surface area contributed by atoms with Crippen LogP contribution in [0.15, 0.2) is 36.7 Å². The number of hydrogen-bond acceptors (Lipinski definition) is 3. The summed E-state index contributed by atoms with van der Waals surface area (Å²) >= 11 is 0. The van der Waals surface area contributed by atoms with Crippen molar-refractivity contribution in [3.63, 3.8) is 0 Å². The molecule has 4 heteroatoms. The molecule has 1 heterocycles. The van der Waals surface area contributed by atoms with E-state index in [1.165, 1.54) is 11.1 Å². The van der Waals surface area contributed by atoms with E-state index in [0.717, 1.165) is 36.1 Å². The maximum Gasteiger partial charge on any atom is 0.255 e. The number of benzene rings is 1. The quantitative estimate of drug-likeness (QED) is 0.889. The van der Waals surface area contributed by atoms with E-state index in [2.05, 4.69) is 16.4 Å². The Hall–Kier alpha value is -2.20. The summed E-state index contributed by atoms with van der Waals surface area (Å²) in [4.78, 5) is 16.4. The highest BCUT2D eigenvalue weighted by Gasteiger charge is 2.20. The zero-order valence-corrected chi connectivity index (χ0v) is 12.1. The first kappa shape index (κ1) is 13.8. The van der Waals surface area contributed by atoms with Gasteiger partial charge in [0.2, 0.25) is 0 Å². The molecular weight excluding hydrogens is 262 g/mol. The van der Waals surface area contributed by atoms with E-state index < -0.39 is 0 Å². The van der Waals surface area contributed by atoms with E-state index in [-0.39, 0.29) is 11.9 Å². The third kappa shape index (κ3) is 2.81. The van der Waals surface area contributed by atoms with Gasteiger partial charge in [0.25, 0.3) is 5.91 Å². The summed E-state index contributed by atoms with van der Waals surface area (Å²) in [6.45, 7) is 1.96. The van der Waals surface area contributed by atoms with E-state index in [4.69, 9.17) is 5.73 Å². The molecule has 0 radical (unpaired) electrons. The van der Waals surface area contributed by atoms with Crippen LogP contribution in [0, 0.1) is 6.92 Å². The van der Waals surface area contributed by atoms with Gasteiger partial charge >= 0.3 is 0 Å². The van der Waals surface area contributed by atoms with E-state index >= 15 is 0 Å². The number of fused-ring (bicyclic) bond motifs is 1. The van der Waals surface area contributed by atoms with Crippen molar-refractivity contribution in [1.29, 1.82) is 0 Å². The van der Waals surface area contributed by atoms with Crippen LogP contribution in [0.25, 0.3) is 0 Å². The third-order valence-corrected chi connectivity index (χ3v) is 4.03. The second-order valence-electron chi connectivity index (χ2n) is 5.55. The molecule has 2 aromatic rings. The Balaban J connectivity index is 1.90. The summed E-state index contributed by atoms with van der Waals surface area (Å²) in [6, 6.07) is 7.73. The number of aryl methyl sites for hydroxylation is 2. The molecule has 0 aliphatic heterocycles. The second kappa shape index (κ2) is 5.66. The Morgan fingerprint density at radius 1 is 1.33 bits per heavy atom. The number of carbonyl (C=O) groups is 1. The minimum atomic E-state index is -0.0827. The van der Waals surface area contributed by atoms with Gasteiger partial charge in [0.05, 0.1) is 0 Å². The van der Waals surface area contributed by atoms with Crippen LogP contribution < -0.4 is 11.1 Å². The fourth-order valence-corrected chi connectivity index (χ4v) is 2.88. The molecule has 1 atom stereocenters. The van der Waals surface area contributed by atoms with Crippen molar-refractivity contribution in [1.82, 2.24) is 4.98 Å². The smallest absolute Gasteiger partial charge is 0.255 e. The maximum atomic E-state index is 12.4. The number of pyridine rings is 1. The third-order valence-electron chi connectivity index (χ3n) is 4.03. The lowest BCUT2D eigenvalue weighted by Crippen LogP contribution is -2.20. The highest BCUT2D eigenvalue weighted by molar-refractivity contribution is 6.05. The lowest BCUT2D eigenvalue weighted by atomic mass is 9.85. The van der Waals surface area contributed by atoms with Crippen molar-refractivity contribution in [3.8, 4) is 0 Å². The van der Waals surface area contributed by atoms with Crippen LogP contribution in [0.2, 0.25) is 0 Å². The summed E-state index contributed by atoms with van der Waals surface area (Å²) in [7, 11) is 0. The van der Waals surface area contributed by atoms with Crippen molar-refractivity contribution in [2.45, 2.75) is 32.2 Å². The monoisotopic (exact) mass is 281 g/mol. The molecule has 0 fully saturated rings. The lowest BCUT2D eigenvalue weighted by Gasteiger charge is -2.24. The SMILES string of the molecule is Cc1cc2c(cc1C(=O)Nc1ccncc1)CCCC2N. The van der Waals surface area contributed by atoms with Gasteiger partial charge < -0.3 is 11.1 Å². The maximum absolute atomic E-state index is 12.4.